The van der Waals surface area contributed by atoms with E-state index in [-0.39, 0.29) is 11.7 Å². The van der Waals surface area contributed by atoms with Gasteiger partial charge in [-0.25, -0.2) is 0 Å². The predicted molar refractivity (Wildman–Crippen MR) is 112 cm³/mol. The van der Waals surface area contributed by atoms with E-state index in [1.165, 1.54) is 5.69 Å². The summed E-state index contributed by atoms with van der Waals surface area (Å²) < 4.78 is 0. The number of H-pyrrole nitrogens is 1. The van der Waals surface area contributed by atoms with Crippen LogP contribution in [0.2, 0.25) is 0 Å². The molecule has 0 radical (unpaired) electrons. The fourth-order valence-corrected chi connectivity index (χ4v) is 4.33. The molecule has 6 heteroatoms. The van der Waals surface area contributed by atoms with Crippen molar-refractivity contribution in [3.05, 3.63) is 46.3 Å². The number of carbonyl (C=O) groups excluding carboxylic acids is 2. The maximum absolute atomic E-state index is 12.8. The van der Waals surface area contributed by atoms with Crippen molar-refractivity contribution in [1.29, 1.82) is 0 Å². The fourth-order valence-electron chi connectivity index (χ4n) is 4.33. The van der Waals surface area contributed by atoms with Crippen LogP contribution in [0, 0.1) is 13.8 Å². The Morgan fingerprint density at radius 1 is 1.11 bits per heavy atom. The first-order valence-corrected chi connectivity index (χ1v) is 10.0. The number of carbonyl (C=O) groups is 2. The van der Waals surface area contributed by atoms with E-state index < -0.39 is 0 Å². The van der Waals surface area contributed by atoms with E-state index in [2.05, 4.69) is 40.1 Å². The Hall–Kier alpha value is -2.60. The first kappa shape index (κ1) is 18.7. The number of benzene rings is 1. The molecule has 2 aromatic rings. The molecule has 148 valence electrons. The Morgan fingerprint density at radius 2 is 1.86 bits per heavy atom. The number of fused-ring (bicyclic) bond motifs is 1. The molecule has 4 rings (SSSR count). The summed E-state index contributed by atoms with van der Waals surface area (Å²) in [6, 6.07) is 6.07. The summed E-state index contributed by atoms with van der Waals surface area (Å²) in [6.07, 6.45) is 2.24. The summed E-state index contributed by atoms with van der Waals surface area (Å²) >= 11 is 0. The highest BCUT2D eigenvalue weighted by atomic mass is 16.2. The minimum Gasteiger partial charge on any atom is -0.369 e. The molecule has 0 unspecified atom stereocenters. The van der Waals surface area contributed by atoms with Gasteiger partial charge in [0.15, 0.2) is 5.78 Å². The van der Waals surface area contributed by atoms with Crippen molar-refractivity contribution < 1.29 is 9.59 Å². The number of Topliss-reactive ketones (excluding diaryl/α,β-unsaturated/α-hetero) is 1. The zero-order chi connectivity index (χ0) is 19.8. The van der Waals surface area contributed by atoms with Crippen molar-refractivity contribution in [2.45, 2.75) is 33.1 Å². The molecule has 1 aromatic carbocycles. The molecular formula is C22H28N4O2. The van der Waals surface area contributed by atoms with Crippen molar-refractivity contribution in [3.63, 3.8) is 0 Å². The van der Waals surface area contributed by atoms with E-state index in [4.69, 9.17) is 0 Å². The summed E-state index contributed by atoms with van der Waals surface area (Å²) in [5, 5.41) is 2.99. The first-order valence-electron chi connectivity index (χ1n) is 10.0. The summed E-state index contributed by atoms with van der Waals surface area (Å²) in [5.74, 6) is -0.0483. The first-order chi connectivity index (χ1) is 13.4. The quantitative estimate of drug-likeness (QED) is 0.858. The molecule has 2 N–H and O–H groups in total. The Kier molecular flexibility index (Phi) is 4.98. The van der Waals surface area contributed by atoms with Crippen molar-refractivity contribution in [2.75, 3.05) is 43.4 Å². The van der Waals surface area contributed by atoms with Gasteiger partial charge in [-0.1, -0.05) is 0 Å². The smallest absolute Gasteiger partial charge is 0.272 e. The normalized spacial score (nSPS) is 17.5. The van der Waals surface area contributed by atoms with E-state index in [1.807, 2.05) is 19.1 Å². The number of nitrogens with zero attached hydrogens (tertiary/aromatic N) is 2. The van der Waals surface area contributed by atoms with Crippen LogP contribution in [-0.4, -0.2) is 54.8 Å². The molecule has 2 aliphatic rings. The van der Waals surface area contributed by atoms with Crippen LogP contribution in [0.5, 0.6) is 0 Å². The van der Waals surface area contributed by atoms with Crippen LogP contribution < -0.4 is 10.2 Å². The molecule has 2 heterocycles. The number of hydrogen-bond donors (Lipinski definition) is 2. The third-order valence-electron chi connectivity index (χ3n) is 5.96. The van der Waals surface area contributed by atoms with Crippen molar-refractivity contribution in [3.8, 4) is 0 Å². The Morgan fingerprint density at radius 3 is 2.54 bits per heavy atom. The minimum atomic E-state index is -0.188. The summed E-state index contributed by atoms with van der Waals surface area (Å²) in [5.41, 5.74) is 6.05. The molecule has 28 heavy (non-hydrogen) atoms. The number of rotatable bonds is 3. The highest BCUT2D eigenvalue weighted by Gasteiger charge is 2.26. The molecule has 1 saturated heterocycles. The van der Waals surface area contributed by atoms with Gasteiger partial charge >= 0.3 is 0 Å². The third-order valence-corrected chi connectivity index (χ3v) is 5.96. The van der Waals surface area contributed by atoms with Gasteiger partial charge in [0.05, 0.1) is 0 Å². The number of piperazine rings is 1. The molecule has 0 atom stereocenters. The number of aromatic amines is 1. The second-order valence-electron chi connectivity index (χ2n) is 8.00. The summed E-state index contributed by atoms with van der Waals surface area (Å²) in [6.45, 7) is 8.10. The van der Waals surface area contributed by atoms with Crippen LogP contribution in [0.4, 0.5) is 11.4 Å². The number of ketones is 1. The topological polar surface area (TPSA) is 68.4 Å². The summed E-state index contributed by atoms with van der Waals surface area (Å²) in [7, 11) is 2.15. The van der Waals surface area contributed by atoms with Crippen LogP contribution in [0.15, 0.2) is 18.2 Å². The molecule has 0 bridgehead atoms. The maximum Gasteiger partial charge on any atom is 0.272 e. The molecule has 0 spiro atoms. The van der Waals surface area contributed by atoms with Gasteiger partial charge in [-0.3, -0.25) is 9.59 Å². The third kappa shape index (κ3) is 3.44. The Labute approximate surface area is 165 Å². The Bertz CT molecular complexity index is 923. The lowest BCUT2D eigenvalue weighted by Gasteiger charge is -2.35. The van der Waals surface area contributed by atoms with E-state index >= 15 is 0 Å². The van der Waals surface area contributed by atoms with Gasteiger partial charge in [0, 0.05) is 55.2 Å². The predicted octanol–water partition coefficient (Wildman–Crippen LogP) is 3.15. The molecule has 1 aromatic heterocycles. The molecule has 6 nitrogen and oxygen atoms in total. The molecule has 1 fully saturated rings. The summed E-state index contributed by atoms with van der Waals surface area (Å²) in [4.78, 5) is 32.9. The molecule has 1 aliphatic heterocycles. The van der Waals surface area contributed by atoms with Gasteiger partial charge < -0.3 is 20.1 Å². The highest BCUT2D eigenvalue weighted by Crippen LogP contribution is 2.28. The zero-order valence-corrected chi connectivity index (χ0v) is 16.9. The number of likely N-dealkylation sites (N-methyl/N-ethyl adjacent to an activating group) is 1. The number of anilines is 2. The van der Waals surface area contributed by atoms with Gasteiger partial charge in [-0.2, -0.15) is 0 Å². The molecule has 1 aliphatic carbocycles. The second-order valence-corrected chi connectivity index (χ2v) is 8.00. The van der Waals surface area contributed by atoms with E-state index in [9.17, 15) is 9.59 Å². The van der Waals surface area contributed by atoms with Crippen LogP contribution >= 0.6 is 0 Å². The molecular weight excluding hydrogens is 352 g/mol. The Balaban J connectivity index is 1.51. The second kappa shape index (κ2) is 7.43. The lowest BCUT2D eigenvalue weighted by atomic mass is 9.94. The molecule has 0 saturated carbocycles. The number of nitrogens with one attached hydrogen (secondary N) is 2. The molecule has 1 amide bonds. The van der Waals surface area contributed by atoms with Crippen LogP contribution in [0.3, 0.4) is 0 Å². The average Bonchev–Trinajstić information content (AvgIpc) is 3.01. The maximum atomic E-state index is 12.8. The van der Waals surface area contributed by atoms with Gasteiger partial charge in [-0.05, 0) is 63.1 Å². The van der Waals surface area contributed by atoms with E-state index in [0.29, 0.717) is 12.1 Å². The number of aromatic nitrogens is 1. The lowest BCUT2D eigenvalue weighted by Crippen LogP contribution is -2.44. The van der Waals surface area contributed by atoms with Crippen molar-refractivity contribution >= 4 is 23.1 Å². The van der Waals surface area contributed by atoms with Gasteiger partial charge in [-0.15, -0.1) is 0 Å². The number of hydrogen-bond acceptors (Lipinski definition) is 4. The monoisotopic (exact) mass is 380 g/mol. The fraction of sp³-hybridized carbons (Fsp3) is 0.455. The zero-order valence-electron chi connectivity index (χ0n) is 16.9. The standard InChI is InChI=1S/C22H28N4O2/c1-14-13-16(7-8-18(14)26-11-9-25(3)10-12-26)23-22(28)21-15(2)20-17(24-21)5-4-6-19(20)27/h7-8,13,24H,4-6,9-12H2,1-3H3,(H,23,28). The van der Waals surface area contributed by atoms with Crippen molar-refractivity contribution in [1.82, 2.24) is 9.88 Å². The number of amides is 1. The highest BCUT2D eigenvalue weighted by molar-refractivity contribution is 6.08. The van der Waals surface area contributed by atoms with Gasteiger partial charge in [0.25, 0.3) is 5.91 Å². The average molecular weight is 380 g/mol. The van der Waals surface area contributed by atoms with Gasteiger partial charge in [0.2, 0.25) is 0 Å². The largest absolute Gasteiger partial charge is 0.369 e. The minimum absolute atomic E-state index is 0.140. The SMILES string of the molecule is Cc1cc(NC(=O)c2[nH]c3c(c2C)C(=O)CCC3)ccc1N1CCN(C)CC1. The van der Waals surface area contributed by atoms with E-state index in [1.54, 1.807) is 0 Å². The van der Waals surface area contributed by atoms with Gasteiger partial charge in [0.1, 0.15) is 5.69 Å². The van der Waals surface area contributed by atoms with Crippen LogP contribution in [-0.2, 0) is 6.42 Å². The lowest BCUT2D eigenvalue weighted by molar-refractivity contribution is 0.0971. The van der Waals surface area contributed by atoms with Crippen LogP contribution in [0.1, 0.15) is 50.5 Å². The number of aryl methyl sites for hydroxylation is 2. The van der Waals surface area contributed by atoms with Crippen LogP contribution in [0.25, 0.3) is 0 Å². The van der Waals surface area contributed by atoms with Crippen molar-refractivity contribution in [2.24, 2.45) is 0 Å². The van der Waals surface area contributed by atoms with E-state index in [0.717, 1.165) is 67.1 Å².